The molecule has 0 radical (unpaired) electrons. The van der Waals surface area contributed by atoms with Gasteiger partial charge in [0.15, 0.2) is 0 Å². The number of nitrogens with two attached hydrogens (primary N) is 1. The van der Waals surface area contributed by atoms with E-state index in [1.807, 2.05) is 13.8 Å². The van der Waals surface area contributed by atoms with Crippen LogP contribution in [0.4, 0.5) is 22.2 Å². The van der Waals surface area contributed by atoms with Gasteiger partial charge in [0.1, 0.15) is 5.82 Å². The molecule has 0 bridgehead atoms. The summed E-state index contributed by atoms with van der Waals surface area (Å²) in [6.45, 7) is 6.88. The molecule has 31 heavy (non-hydrogen) atoms. The van der Waals surface area contributed by atoms with Crippen LogP contribution in [0.5, 0.6) is 0 Å². The average molecular weight is 438 g/mol. The van der Waals surface area contributed by atoms with E-state index in [4.69, 9.17) is 15.2 Å². The third-order valence-corrected chi connectivity index (χ3v) is 4.01. The fraction of sp³-hybridized carbons (Fsp3) is 0.550. The quantitative estimate of drug-likeness (QED) is 0.258. The van der Waals surface area contributed by atoms with Gasteiger partial charge in [-0.25, -0.2) is 4.39 Å². The Bertz CT molecular complexity index is 778. The molecule has 2 aromatic rings. The Morgan fingerprint density at radius 2 is 1.55 bits per heavy atom. The molecule has 0 aliphatic heterocycles. The summed E-state index contributed by atoms with van der Waals surface area (Å²) in [6, 6.07) is 6.17. The van der Waals surface area contributed by atoms with Crippen LogP contribution in [0.25, 0.3) is 0 Å². The molecule has 1 heterocycles. The molecule has 172 valence electrons. The van der Waals surface area contributed by atoms with Gasteiger partial charge in [0.2, 0.25) is 17.8 Å². The van der Waals surface area contributed by atoms with Crippen molar-refractivity contribution in [2.24, 2.45) is 5.73 Å². The molecule has 0 unspecified atom stereocenters. The number of aliphatic hydroxyl groups excluding tert-OH is 1. The molecule has 0 saturated carbocycles. The second-order valence-corrected chi connectivity index (χ2v) is 7.39. The van der Waals surface area contributed by atoms with E-state index in [-0.39, 0.29) is 12.4 Å². The maximum absolute atomic E-state index is 13.1. The van der Waals surface area contributed by atoms with Gasteiger partial charge in [-0.05, 0) is 31.5 Å². The van der Waals surface area contributed by atoms with E-state index in [1.165, 1.54) is 12.1 Å². The zero-order valence-corrected chi connectivity index (χ0v) is 18.0. The summed E-state index contributed by atoms with van der Waals surface area (Å²) in [5.74, 6) is 0.723. The molecule has 0 saturated heterocycles. The number of benzene rings is 1. The van der Waals surface area contributed by atoms with Gasteiger partial charge in [-0.1, -0.05) is 12.1 Å². The van der Waals surface area contributed by atoms with Crippen molar-refractivity contribution in [1.29, 1.82) is 0 Å². The topological polar surface area (TPSA) is 139 Å². The number of hydrogen-bond acceptors (Lipinski definition) is 10. The van der Waals surface area contributed by atoms with Crippen LogP contribution in [0.15, 0.2) is 24.3 Å². The molecule has 0 fully saturated rings. The highest BCUT2D eigenvalue weighted by molar-refractivity contribution is 5.43. The first-order valence-corrected chi connectivity index (χ1v) is 10.1. The van der Waals surface area contributed by atoms with Crippen LogP contribution in [0, 0.1) is 5.82 Å². The zero-order chi connectivity index (χ0) is 22.5. The molecular weight excluding hydrogens is 405 g/mol. The number of halogens is 1. The molecule has 0 spiro atoms. The van der Waals surface area contributed by atoms with Gasteiger partial charge in [-0.15, -0.1) is 0 Å². The fourth-order valence-corrected chi connectivity index (χ4v) is 2.36. The van der Waals surface area contributed by atoms with Crippen LogP contribution in [0.1, 0.15) is 19.4 Å². The minimum Gasteiger partial charge on any atom is -0.394 e. The van der Waals surface area contributed by atoms with Crippen LogP contribution in [0.2, 0.25) is 0 Å². The van der Waals surface area contributed by atoms with Crippen LogP contribution in [0.3, 0.4) is 0 Å². The highest BCUT2D eigenvalue weighted by atomic mass is 19.1. The molecule has 1 aromatic carbocycles. The smallest absolute Gasteiger partial charge is 0.229 e. The normalized spacial score (nSPS) is 11.4. The lowest BCUT2D eigenvalue weighted by atomic mass is 10.1. The van der Waals surface area contributed by atoms with Gasteiger partial charge in [0.05, 0.1) is 38.6 Å². The molecule has 0 aliphatic carbocycles. The van der Waals surface area contributed by atoms with Gasteiger partial charge in [0, 0.05) is 19.6 Å². The van der Waals surface area contributed by atoms with Crippen molar-refractivity contribution in [3.63, 3.8) is 0 Å². The maximum Gasteiger partial charge on any atom is 0.229 e. The van der Waals surface area contributed by atoms with Gasteiger partial charge in [-0.3, -0.25) is 0 Å². The molecule has 11 heteroatoms. The summed E-state index contributed by atoms with van der Waals surface area (Å²) in [7, 11) is 0. The molecule has 1 aromatic heterocycles. The number of anilines is 3. The standard InChI is InChI=1S/C20H32FN7O3/c1-20(2,14-29)28-19-26-17(23-8-10-31-12-11-30-9-7-22)25-18(27-19)24-13-15-3-5-16(21)6-4-15/h3-6,29H,7-14,22H2,1-2H3,(H3,23,24,25,26,27,28). The first kappa shape index (κ1) is 24.7. The van der Waals surface area contributed by atoms with Crippen molar-refractivity contribution in [2.75, 3.05) is 62.1 Å². The Kier molecular flexibility index (Phi) is 10.3. The van der Waals surface area contributed by atoms with Crippen LogP contribution >= 0.6 is 0 Å². The Morgan fingerprint density at radius 1 is 0.935 bits per heavy atom. The van der Waals surface area contributed by atoms with E-state index in [2.05, 4.69) is 30.9 Å². The molecule has 10 nitrogen and oxygen atoms in total. The third-order valence-electron chi connectivity index (χ3n) is 4.01. The number of aliphatic hydroxyl groups is 1. The first-order chi connectivity index (χ1) is 14.9. The molecular formula is C20H32FN7O3. The summed E-state index contributed by atoms with van der Waals surface area (Å²) < 4.78 is 23.8. The van der Waals surface area contributed by atoms with Crippen LogP contribution in [-0.2, 0) is 16.0 Å². The van der Waals surface area contributed by atoms with Crippen molar-refractivity contribution in [2.45, 2.75) is 25.9 Å². The monoisotopic (exact) mass is 437 g/mol. The molecule has 0 aliphatic rings. The van der Waals surface area contributed by atoms with Gasteiger partial charge in [-0.2, -0.15) is 15.0 Å². The number of aromatic nitrogens is 3. The van der Waals surface area contributed by atoms with E-state index in [0.717, 1.165) is 5.56 Å². The summed E-state index contributed by atoms with van der Waals surface area (Å²) in [6.07, 6.45) is 0. The highest BCUT2D eigenvalue weighted by Gasteiger charge is 2.18. The predicted octanol–water partition coefficient (Wildman–Crippen LogP) is 1.21. The van der Waals surface area contributed by atoms with Gasteiger partial charge >= 0.3 is 0 Å². The number of ether oxygens (including phenoxy) is 2. The Hall–Kier alpha value is -2.60. The fourth-order valence-electron chi connectivity index (χ4n) is 2.36. The van der Waals surface area contributed by atoms with E-state index >= 15 is 0 Å². The summed E-state index contributed by atoms with van der Waals surface area (Å²) in [4.78, 5) is 13.1. The predicted molar refractivity (Wildman–Crippen MR) is 118 cm³/mol. The van der Waals surface area contributed by atoms with Crippen molar-refractivity contribution < 1.29 is 19.0 Å². The highest BCUT2D eigenvalue weighted by Crippen LogP contribution is 2.15. The number of nitrogens with one attached hydrogen (secondary N) is 3. The first-order valence-electron chi connectivity index (χ1n) is 10.1. The Morgan fingerprint density at radius 3 is 2.19 bits per heavy atom. The SMILES string of the molecule is CC(C)(CO)Nc1nc(NCCOCCOCCN)nc(NCc2ccc(F)cc2)n1. The second-order valence-electron chi connectivity index (χ2n) is 7.39. The lowest BCUT2D eigenvalue weighted by molar-refractivity contribution is 0.0547. The van der Waals surface area contributed by atoms with E-state index in [9.17, 15) is 9.50 Å². The van der Waals surface area contributed by atoms with E-state index < -0.39 is 5.54 Å². The van der Waals surface area contributed by atoms with Crippen LogP contribution in [-0.4, -0.2) is 71.7 Å². The van der Waals surface area contributed by atoms with Crippen molar-refractivity contribution >= 4 is 17.8 Å². The van der Waals surface area contributed by atoms with Crippen LogP contribution < -0.4 is 21.7 Å². The number of nitrogens with zero attached hydrogens (tertiary/aromatic N) is 3. The van der Waals surface area contributed by atoms with Gasteiger partial charge in [0.25, 0.3) is 0 Å². The summed E-state index contributed by atoms with van der Waals surface area (Å²) in [5.41, 5.74) is 5.62. The molecule has 0 atom stereocenters. The number of rotatable bonds is 15. The van der Waals surface area contributed by atoms with E-state index in [0.29, 0.717) is 63.9 Å². The number of hydrogen-bond donors (Lipinski definition) is 5. The lowest BCUT2D eigenvalue weighted by Gasteiger charge is -2.23. The molecule has 0 amide bonds. The lowest BCUT2D eigenvalue weighted by Crippen LogP contribution is -2.36. The van der Waals surface area contributed by atoms with Gasteiger partial charge < -0.3 is 36.3 Å². The minimum atomic E-state index is -0.612. The minimum absolute atomic E-state index is 0.0974. The van der Waals surface area contributed by atoms with E-state index in [1.54, 1.807) is 12.1 Å². The molecule has 2 rings (SSSR count). The maximum atomic E-state index is 13.1. The van der Waals surface area contributed by atoms with Crippen molar-refractivity contribution in [3.05, 3.63) is 35.6 Å². The zero-order valence-electron chi connectivity index (χ0n) is 18.0. The summed E-state index contributed by atoms with van der Waals surface area (Å²) in [5, 5.41) is 18.8. The van der Waals surface area contributed by atoms with Crippen molar-refractivity contribution in [3.8, 4) is 0 Å². The summed E-state index contributed by atoms with van der Waals surface area (Å²) >= 11 is 0. The average Bonchev–Trinajstić information content (AvgIpc) is 2.75. The third kappa shape index (κ3) is 9.83. The molecule has 6 N–H and O–H groups in total. The Labute approximate surface area is 181 Å². The Balaban J connectivity index is 1.95. The van der Waals surface area contributed by atoms with Crippen molar-refractivity contribution in [1.82, 2.24) is 15.0 Å². The largest absolute Gasteiger partial charge is 0.394 e. The second kappa shape index (κ2) is 13.0.